The molecule has 0 saturated carbocycles. The molecule has 0 atom stereocenters. The molecule has 0 spiro atoms. The van der Waals surface area contributed by atoms with Gasteiger partial charge in [-0.15, -0.1) is 0 Å². The Morgan fingerprint density at radius 3 is 1.16 bits per heavy atom. The van der Waals surface area contributed by atoms with Crippen LogP contribution in [0.1, 0.15) is 11.1 Å². The molecule has 1 N–H and O–H groups in total. The van der Waals surface area contributed by atoms with Crippen LogP contribution in [0.2, 0.25) is 39.3 Å². The first-order valence-corrected chi connectivity index (χ1v) is 31.8. The van der Waals surface area contributed by atoms with Gasteiger partial charge in [0.1, 0.15) is 0 Å². The summed E-state index contributed by atoms with van der Waals surface area (Å²) in [5, 5.41) is 15.7. The second kappa shape index (κ2) is 11.9. The van der Waals surface area contributed by atoms with Crippen LogP contribution in [0, 0.1) is 13.8 Å². The fraction of sp³-hybridized carbons (Fsp3) is 0.256. The molecule has 6 aromatic carbocycles. The molecule has 2 nitrogen and oxygen atoms in total. The topological polar surface area (TPSA) is 15.3 Å². The van der Waals surface area contributed by atoms with Crippen molar-refractivity contribution in [3.8, 4) is 0 Å². The summed E-state index contributed by atoms with van der Waals surface area (Å²) < 4.78 is 0. The van der Waals surface area contributed by atoms with E-state index in [1.165, 1.54) is 66.0 Å². The van der Waals surface area contributed by atoms with Gasteiger partial charge < -0.3 is 0 Å². The first-order valence-electron chi connectivity index (χ1n) is 17.8. The Labute approximate surface area is 297 Å². The van der Waals surface area contributed by atoms with E-state index in [4.69, 9.17) is 0 Å². The minimum absolute atomic E-state index is 1.30. The van der Waals surface area contributed by atoms with E-state index in [1.807, 2.05) is 0 Å². The second-order valence-corrected chi connectivity index (χ2v) is 47.6. The Bertz CT molecular complexity index is 2110. The molecule has 0 bridgehead atoms. The van der Waals surface area contributed by atoms with Crippen LogP contribution in [0.25, 0.3) is 21.5 Å². The van der Waals surface area contributed by atoms with Crippen LogP contribution in [0.3, 0.4) is 0 Å². The maximum absolute atomic E-state index is 4.24. The van der Waals surface area contributed by atoms with E-state index >= 15 is 0 Å². The number of anilines is 4. The third-order valence-electron chi connectivity index (χ3n) is 12.2. The zero-order chi connectivity index (χ0) is 35.1. The van der Waals surface area contributed by atoms with E-state index in [9.17, 15) is 0 Å². The number of hydrogen-bond acceptors (Lipinski definition) is 2. The molecule has 1 heterocycles. The van der Waals surface area contributed by atoms with Crippen molar-refractivity contribution in [3.63, 3.8) is 0 Å². The van der Waals surface area contributed by atoms with E-state index in [-0.39, 0.29) is 0 Å². The van der Waals surface area contributed by atoms with Crippen LogP contribution >= 0.6 is 13.6 Å². The van der Waals surface area contributed by atoms with Gasteiger partial charge in [0.25, 0.3) is 0 Å². The Kier molecular flexibility index (Phi) is 8.32. The van der Waals surface area contributed by atoms with Crippen molar-refractivity contribution in [2.75, 3.05) is 30.6 Å². The molecule has 0 fully saturated rings. The summed E-state index contributed by atoms with van der Waals surface area (Å²) in [4.78, 5) is 2.62. The van der Waals surface area contributed by atoms with Gasteiger partial charge in [-0.2, -0.15) is 0 Å². The molecule has 7 rings (SSSR count). The number of rotatable bonds is 2. The SMILES string of the molecule is Cc1ccc2c(c1)Nc1cc(C)ccc1[PH](C)([Si](C)(C)C)c1cc3ccccc3cc1N(C)c1cc3ccccc3cc1[PH]2(C)[Si](C)(C)C. The molecule has 0 radical (unpaired) electrons. The Morgan fingerprint density at radius 1 is 0.469 bits per heavy atom. The summed E-state index contributed by atoms with van der Waals surface area (Å²) in [6, 6.07) is 42.8. The second-order valence-electron chi connectivity index (χ2n) is 17.0. The molecule has 49 heavy (non-hydrogen) atoms. The molecule has 6 heteroatoms. The molecule has 0 aromatic heterocycles. The van der Waals surface area contributed by atoms with Gasteiger partial charge in [-0.05, 0) is 0 Å². The number of nitrogens with zero attached hydrogens (tertiary/aromatic N) is 1. The maximum atomic E-state index is 4.24. The molecular weight excluding hydrogens is 663 g/mol. The van der Waals surface area contributed by atoms with E-state index in [2.05, 4.69) is 193 Å². The Hall–Kier alpha value is -3.27. The van der Waals surface area contributed by atoms with Gasteiger partial charge in [-0.25, -0.2) is 0 Å². The van der Waals surface area contributed by atoms with Crippen LogP contribution in [0.4, 0.5) is 22.7 Å². The number of aryl methyl sites for hydroxylation is 2. The summed E-state index contributed by atoms with van der Waals surface area (Å²) >= 11 is 0. The van der Waals surface area contributed by atoms with Gasteiger partial charge >= 0.3 is 299 Å². The van der Waals surface area contributed by atoms with Gasteiger partial charge in [0.05, 0.1) is 0 Å². The van der Waals surface area contributed by atoms with E-state index in [0.717, 1.165) is 0 Å². The predicted molar refractivity (Wildman–Crippen MR) is 235 cm³/mol. The van der Waals surface area contributed by atoms with Crippen LogP contribution in [0.15, 0.2) is 109 Å². The van der Waals surface area contributed by atoms with Crippen molar-refractivity contribution in [1.82, 2.24) is 0 Å². The van der Waals surface area contributed by atoms with Crippen LogP contribution in [-0.2, 0) is 0 Å². The van der Waals surface area contributed by atoms with Gasteiger partial charge in [0.2, 0.25) is 0 Å². The zero-order valence-electron chi connectivity index (χ0n) is 31.3. The van der Waals surface area contributed by atoms with Gasteiger partial charge in [0.15, 0.2) is 0 Å². The van der Waals surface area contributed by atoms with Crippen LogP contribution < -0.4 is 31.4 Å². The van der Waals surface area contributed by atoms with Crippen molar-refractivity contribution in [1.29, 1.82) is 0 Å². The Balaban J connectivity index is 1.73. The van der Waals surface area contributed by atoms with Gasteiger partial charge in [-0.3, -0.25) is 0 Å². The minimum atomic E-state index is -2.36. The molecular formula is C43H54N2P2Si2. The fourth-order valence-electron chi connectivity index (χ4n) is 8.39. The Morgan fingerprint density at radius 2 is 0.816 bits per heavy atom. The average molecular weight is 717 g/mol. The third kappa shape index (κ3) is 5.42. The van der Waals surface area contributed by atoms with Gasteiger partial charge in [0, 0.05) is 0 Å². The first-order chi connectivity index (χ1) is 23.0. The molecule has 0 aliphatic carbocycles. The summed E-state index contributed by atoms with van der Waals surface area (Å²) in [6.07, 6.45) is 0. The standard InChI is InChI=1S/C43H54N2P2Si2/c1-30-20-22-40-36(24-30)44-37-25-31(2)21-23-41(37)47(5,49(9,10)11)43-29-35-19-15-13-17-33(35)27-39(43)45(3)38-26-32-16-12-14-18-34(32)28-42(38)46(40,4)48(6,7)8/h12-29,44,46-47H,1-11H3. The summed E-state index contributed by atoms with van der Waals surface area (Å²) in [5.74, 6) is 0. The average Bonchev–Trinajstić information content (AvgIpc) is 3.05. The molecule has 0 amide bonds. The van der Waals surface area contributed by atoms with E-state index < -0.39 is 29.1 Å². The number of fused-ring (bicyclic) bond motifs is 6. The van der Waals surface area contributed by atoms with Crippen molar-refractivity contribution < 1.29 is 0 Å². The van der Waals surface area contributed by atoms with Crippen molar-refractivity contribution in [3.05, 3.63) is 120 Å². The molecule has 0 unspecified atom stereocenters. The molecule has 6 aromatic rings. The number of benzene rings is 6. The summed E-state index contributed by atoms with van der Waals surface area (Å²) in [6.45, 7) is 20.8. The van der Waals surface area contributed by atoms with Crippen molar-refractivity contribution >= 4 is 94.6 Å². The monoisotopic (exact) mass is 716 g/mol. The van der Waals surface area contributed by atoms with Gasteiger partial charge in [-0.1, -0.05) is 0 Å². The molecule has 0 saturated heterocycles. The molecule has 1 aliphatic heterocycles. The summed E-state index contributed by atoms with van der Waals surface area (Å²) in [5.41, 5.74) is 7.95. The van der Waals surface area contributed by atoms with Crippen molar-refractivity contribution in [2.45, 2.75) is 53.1 Å². The zero-order valence-corrected chi connectivity index (χ0v) is 35.3. The van der Waals surface area contributed by atoms with E-state index in [1.54, 1.807) is 10.6 Å². The third-order valence-corrected chi connectivity index (χ3v) is 45.4. The van der Waals surface area contributed by atoms with Crippen molar-refractivity contribution in [2.24, 2.45) is 0 Å². The normalized spacial score (nSPS) is 17.0. The predicted octanol–water partition coefficient (Wildman–Crippen LogP) is 10.8. The fourth-order valence-corrected chi connectivity index (χ4v) is 29.0. The number of hydrogen-bond donors (Lipinski definition) is 1. The molecule has 254 valence electrons. The van der Waals surface area contributed by atoms with E-state index in [0.29, 0.717) is 0 Å². The first kappa shape index (κ1) is 34.2. The summed E-state index contributed by atoms with van der Waals surface area (Å²) in [7, 11) is -1.33. The molecule has 1 aliphatic rings. The van der Waals surface area contributed by atoms with Crippen LogP contribution in [0.5, 0.6) is 0 Å². The van der Waals surface area contributed by atoms with Crippen LogP contribution in [-0.4, -0.2) is 35.9 Å². The quantitative estimate of drug-likeness (QED) is 0.142. The number of nitrogens with one attached hydrogen (secondary N) is 1.